The van der Waals surface area contributed by atoms with E-state index in [1.165, 1.54) is 6.07 Å². The van der Waals surface area contributed by atoms with Gasteiger partial charge in [0, 0.05) is 17.5 Å². The lowest BCUT2D eigenvalue weighted by Crippen LogP contribution is -2.39. The lowest BCUT2D eigenvalue weighted by molar-refractivity contribution is -0.119. The van der Waals surface area contributed by atoms with E-state index < -0.39 is 45.5 Å². The van der Waals surface area contributed by atoms with Gasteiger partial charge in [0.15, 0.2) is 16.6 Å². The second-order valence-corrected chi connectivity index (χ2v) is 8.66. The van der Waals surface area contributed by atoms with Gasteiger partial charge in [-0.25, -0.2) is 31.4 Å². The van der Waals surface area contributed by atoms with Gasteiger partial charge in [0.2, 0.25) is 15.9 Å². The van der Waals surface area contributed by atoms with Crippen LogP contribution < -0.4 is 15.8 Å². The number of sulfonamides is 1. The van der Waals surface area contributed by atoms with Gasteiger partial charge in [-0.1, -0.05) is 11.8 Å². The highest BCUT2D eigenvalue weighted by atomic mass is 32.2. The molecule has 30 heavy (non-hydrogen) atoms. The predicted molar refractivity (Wildman–Crippen MR) is 102 cm³/mol. The number of anilines is 1. The SMILES string of the molecule is C[C@@H](CSc1nonc1C(=N)Nc1ccc(F)c(C(F)F)c1)NC(=O)CS(N)(=O)=O. The van der Waals surface area contributed by atoms with E-state index >= 15 is 0 Å². The first-order chi connectivity index (χ1) is 14.0. The molecule has 0 saturated carbocycles. The van der Waals surface area contributed by atoms with Crippen molar-refractivity contribution in [2.45, 2.75) is 24.4 Å². The van der Waals surface area contributed by atoms with Crippen LogP contribution in [0.15, 0.2) is 27.9 Å². The van der Waals surface area contributed by atoms with Crippen molar-refractivity contribution in [3.8, 4) is 0 Å². The molecule has 0 aliphatic heterocycles. The first kappa shape index (κ1) is 23.6. The molecule has 5 N–H and O–H groups in total. The summed E-state index contributed by atoms with van der Waals surface area (Å²) in [5.41, 5.74) is -0.810. The second-order valence-electron chi connectivity index (χ2n) is 6.04. The van der Waals surface area contributed by atoms with Gasteiger partial charge < -0.3 is 10.6 Å². The van der Waals surface area contributed by atoms with Crippen LogP contribution in [0.5, 0.6) is 0 Å². The number of alkyl halides is 2. The summed E-state index contributed by atoms with van der Waals surface area (Å²) in [6.45, 7) is 1.61. The van der Waals surface area contributed by atoms with Crippen LogP contribution in [0, 0.1) is 11.2 Å². The number of nitrogens with zero attached hydrogens (tertiary/aromatic N) is 2. The first-order valence-corrected chi connectivity index (χ1v) is 10.8. The summed E-state index contributed by atoms with van der Waals surface area (Å²) < 4.78 is 65.4. The van der Waals surface area contributed by atoms with Crippen LogP contribution >= 0.6 is 11.8 Å². The fourth-order valence-corrected chi connectivity index (χ4v) is 3.47. The molecule has 15 heteroatoms. The minimum absolute atomic E-state index is 0.0361. The standard InChI is InChI=1S/C15H17F3N6O4S2/c1-7(21-11(25)6-30(20,26)27)5-29-15-12(23-28-24-15)14(19)22-8-2-3-10(16)9(4-8)13(17)18/h2-4,7,13H,5-6H2,1H3,(H2,19,22)(H,21,25)(H2,20,26,27)/t7-/m0/s1. The Balaban J connectivity index is 1.99. The van der Waals surface area contributed by atoms with E-state index in [4.69, 9.17) is 10.5 Å². The van der Waals surface area contributed by atoms with Gasteiger partial charge in [0.25, 0.3) is 6.43 Å². The van der Waals surface area contributed by atoms with Crippen molar-refractivity contribution < 1.29 is 31.0 Å². The van der Waals surface area contributed by atoms with E-state index in [2.05, 4.69) is 25.6 Å². The molecule has 2 aromatic rings. The maximum Gasteiger partial charge on any atom is 0.266 e. The van der Waals surface area contributed by atoms with Gasteiger partial charge in [0.05, 0.1) is 5.56 Å². The molecule has 1 atom stereocenters. The average Bonchev–Trinajstić information content (AvgIpc) is 3.08. The molecule has 1 aromatic carbocycles. The van der Waals surface area contributed by atoms with Gasteiger partial charge in [-0.15, -0.1) is 0 Å². The fourth-order valence-electron chi connectivity index (χ4n) is 2.16. The van der Waals surface area contributed by atoms with Crippen molar-refractivity contribution >= 4 is 39.2 Å². The summed E-state index contributed by atoms with van der Waals surface area (Å²) in [6.07, 6.45) is -3.02. The quantitative estimate of drug-likeness (QED) is 0.245. The van der Waals surface area contributed by atoms with Crippen LogP contribution in [0.3, 0.4) is 0 Å². The molecule has 0 radical (unpaired) electrons. The molecular formula is C15H17F3N6O4S2. The Morgan fingerprint density at radius 3 is 2.70 bits per heavy atom. The molecule has 0 fully saturated rings. The van der Waals surface area contributed by atoms with E-state index in [0.717, 1.165) is 23.9 Å². The number of nitrogens with one attached hydrogen (secondary N) is 3. The van der Waals surface area contributed by atoms with Crippen molar-refractivity contribution in [3.63, 3.8) is 0 Å². The van der Waals surface area contributed by atoms with E-state index in [1.54, 1.807) is 6.92 Å². The molecule has 10 nitrogen and oxygen atoms in total. The Labute approximate surface area is 173 Å². The van der Waals surface area contributed by atoms with Crippen molar-refractivity contribution in [3.05, 3.63) is 35.3 Å². The number of carbonyl (C=O) groups excluding carboxylic acids is 1. The number of hydrogen-bond donors (Lipinski definition) is 4. The molecule has 1 heterocycles. The number of amides is 1. The number of halogens is 3. The van der Waals surface area contributed by atoms with Crippen LogP contribution in [0.4, 0.5) is 18.9 Å². The van der Waals surface area contributed by atoms with Crippen molar-refractivity contribution in [2.24, 2.45) is 5.14 Å². The van der Waals surface area contributed by atoms with Gasteiger partial charge in [-0.3, -0.25) is 10.2 Å². The molecule has 1 amide bonds. The monoisotopic (exact) mass is 466 g/mol. The van der Waals surface area contributed by atoms with Gasteiger partial charge >= 0.3 is 0 Å². The highest BCUT2D eigenvalue weighted by Crippen LogP contribution is 2.26. The zero-order valence-electron chi connectivity index (χ0n) is 15.4. The largest absolute Gasteiger partial charge is 0.352 e. The second kappa shape index (κ2) is 9.90. The number of benzene rings is 1. The minimum Gasteiger partial charge on any atom is -0.352 e. The van der Waals surface area contributed by atoms with Crippen LogP contribution in [-0.2, 0) is 14.8 Å². The lowest BCUT2D eigenvalue weighted by Gasteiger charge is -2.12. The lowest BCUT2D eigenvalue weighted by atomic mass is 10.2. The van der Waals surface area contributed by atoms with Gasteiger partial charge in [-0.05, 0) is 35.4 Å². The Kier molecular flexibility index (Phi) is 7.80. The highest BCUT2D eigenvalue weighted by molar-refractivity contribution is 7.99. The van der Waals surface area contributed by atoms with Crippen LogP contribution in [0.25, 0.3) is 0 Å². The Morgan fingerprint density at radius 1 is 1.37 bits per heavy atom. The number of amidine groups is 1. The zero-order chi connectivity index (χ0) is 22.5. The van der Waals surface area contributed by atoms with E-state index in [0.29, 0.717) is 0 Å². The Morgan fingerprint density at radius 2 is 2.07 bits per heavy atom. The molecule has 2 rings (SSSR count). The molecule has 0 unspecified atom stereocenters. The van der Waals surface area contributed by atoms with Crippen molar-refractivity contribution in [1.29, 1.82) is 5.41 Å². The Hall–Kier alpha value is -2.65. The summed E-state index contributed by atoms with van der Waals surface area (Å²) in [7, 11) is -3.95. The normalized spacial score (nSPS) is 12.6. The number of primary sulfonamides is 1. The molecule has 0 aliphatic rings. The Bertz CT molecular complexity index is 1030. The minimum atomic E-state index is -3.95. The molecule has 0 saturated heterocycles. The average molecular weight is 466 g/mol. The maximum absolute atomic E-state index is 13.4. The number of carbonyl (C=O) groups is 1. The van der Waals surface area contributed by atoms with Crippen LogP contribution in [0.1, 0.15) is 24.6 Å². The number of rotatable bonds is 9. The van der Waals surface area contributed by atoms with Crippen LogP contribution in [-0.4, -0.2) is 48.0 Å². The third-order valence-electron chi connectivity index (χ3n) is 3.41. The number of nitrogens with two attached hydrogens (primary N) is 1. The smallest absolute Gasteiger partial charge is 0.266 e. The molecule has 164 valence electrons. The number of thioether (sulfide) groups is 1. The van der Waals surface area contributed by atoms with Crippen LogP contribution in [0.2, 0.25) is 0 Å². The molecule has 0 bridgehead atoms. The summed E-state index contributed by atoms with van der Waals surface area (Å²) in [6, 6.07) is 2.42. The molecule has 0 aliphatic carbocycles. The van der Waals surface area contributed by atoms with E-state index in [1.807, 2.05) is 0 Å². The van der Waals surface area contributed by atoms with Crippen molar-refractivity contribution in [1.82, 2.24) is 15.6 Å². The van der Waals surface area contributed by atoms with Crippen molar-refractivity contribution in [2.75, 3.05) is 16.8 Å². The third-order valence-corrected chi connectivity index (χ3v) is 5.28. The summed E-state index contributed by atoms with van der Waals surface area (Å²) >= 11 is 1.05. The first-order valence-electron chi connectivity index (χ1n) is 8.15. The van der Waals surface area contributed by atoms with Gasteiger partial charge in [-0.2, -0.15) is 0 Å². The molecule has 0 spiro atoms. The van der Waals surface area contributed by atoms with Gasteiger partial charge in [0.1, 0.15) is 11.6 Å². The summed E-state index contributed by atoms with van der Waals surface area (Å²) in [4.78, 5) is 11.6. The zero-order valence-corrected chi connectivity index (χ0v) is 17.0. The highest BCUT2D eigenvalue weighted by Gasteiger charge is 2.20. The maximum atomic E-state index is 13.4. The number of hydrogen-bond acceptors (Lipinski definition) is 8. The fraction of sp³-hybridized carbons (Fsp3) is 0.333. The summed E-state index contributed by atoms with van der Waals surface area (Å²) in [5.74, 6) is -2.82. The molecule has 1 aromatic heterocycles. The number of aromatic nitrogens is 2. The predicted octanol–water partition coefficient (Wildman–Crippen LogP) is 1.47. The summed E-state index contributed by atoms with van der Waals surface area (Å²) in [5, 5.41) is 25.2. The third kappa shape index (κ3) is 7.00. The van der Waals surface area contributed by atoms with E-state index in [9.17, 15) is 26.4 Å². The topological polar surface area (TPSA) is 164 Å². The van der Waals surface area contributed by atoms with E-state index in [-0.39, 0.29) is 28.0 Å². The molecular weight excluding hydrogens is 449 g/mol.